The van der Waals surface area contributed by atoms with Gasteiger partial charge in [-0.3, -0.25) is 9.59 Å². The van der Waals surface area contributed by atoms with E-state index in [2.05, 4.69) is 0 Å². The number of thioether (sulfide) groups is 1. The summed E-state index contributed by atoms with van der Waals surface area (Å²) >= 11 is 1.84. The molecule has 4 rings (SSSR count). The van der Waals surface area contributed by atoms with Gasteiger partial charge in [0, 0.05) is 31.0 Å². The van der Waals surface area contributed by atoms with Gasteiger partial charge in [-0.05, 0) is 36.6 Å². The molecular formula is C24H28N2O4S. The molecule has 7 heteroatoms. The number of likely N-dealkylation sites (tertiary alicyclic amines) is 1. The van der Waals surface area contributed by atoms with Gasteiger partial charge in [-0.25, -0.2) is 0 Å². The van der Waals surface area contributed by atoms with Crippen LogP contribution in [0.1, 0.15) is 28.8 Å². The van der Waals surface area contributed by atoms with E-state index in [9.17, 15) is 9.59 Å². The standard InChI is InChI=1S/C24H28N2O4S/c1-29-21-9-5-8-20(16-21)23(28)26-14-15-31-24(26)10-12-25(13-11-24)22(27)18-30-17-19-6-3-2-4-7-19/h2-9,16H,10-15,17-18H2,1H3. The van der Waals surface area contributed by atoms with Gasteiger partial charge in [-0.1, -0.05) is 36.4 Å². The highest BCUT2D eigenvalue weighted by atomic mass is 32.2. The van der Waals surface area contributed by atoms with Gasteiger partial charge >= 0.3 is 0 Å². The molecule has 0 aliphatic carbocycles. The van der Waals surface area contributed by atoms with Crippen molar-refractivity contribution in [2.45, 2.75) is 24.3 Å². The summed E-state index contributed by atoms with van der Waals surface area (Å²) in [7, 11) is 1.60. The highest BCUT2D eigenvalue weighted by Gasteiger charge is 2.47. The lowest BCUT2D eigenvalue weighted by Gasteiger charge is -2.44. The van der Waals surface area contributed by atoms with Crippen LogP contribution in [0, 0.1) is 0 Å². The molecule has 0 saturated carbocycles. The maximum Gasteiger partial charge on any atom is 0.255 e. The third-order valence-corrected chi connectivity index (χ3v) is 7.53. The number of carbonyl (C=O) groups is 2. The molecule has 2 fully saturated rings. The maximum absolute atomic E-state index is 13.2. The molecule has 0 unspecified atom stereocenters. The van der Waals surface area contributed by atoms with Crippen molar-refractivity contribution in [3.8, 4) is 5.75 Å². The van der Waals surface area contributed by atoms with Gasteiger partial charge in [0.1, 0.15) is 12.4 Å². The quantitative estimate of drug-likeness (QED) is 0.689. The number of methoxy groups -OCH3 is 1. The molecule has 0 bridgehead atoms. The summed E-state index contributed by atoms with van der Waals surface area (Å²) < 4.78 is 10.9. The van der Waals surface area contributed by atoms with Gasteiger partial charge in [0.2, 0.25) is 5.91 Å². The van der Waals surface area contributed by atoms with Gasteiger partial charge in [0.15, 0.2) is 0 Å². The zero-order chi connectivity index (χ0) is 21.7. The van der Waals surface area contributed by atoms with E-state index >= 15 is 0 Å². The van der Waals surface area contributed by atoms with Crippen molar-refractivity contribution in [1.82, 2.24) is 9.80 Å². The fourth-order valence-electron chi connectivity index (χ4n) is 4.25. The minimum Gasteiger partial charge on any atom is -0.497 e. The predicted octanol–water partition coefficient (Wildman–Crippen LogP) is 3.42. The average Bonchev–Trinajstić information content (AvgIpc) is 3.22. The second-order valence-electron chi connectivity index (χ2n) is 7.84. The fraction of sp³-hybridized carbons (Fsp3) is 0.417. The van der Waals surface area contributed by atoms with Crippen LogP contribution < -0.4 is 4.74 Å². The molecule has 2 saturated heterocycles. The van der Waals surface area contributed by atoms with Gasteiger partial charge in [0.25, 0.3) is 5.91 Å². The Morgan fingerprint density at radius 2 is 1.81 bits per heavy atom. The van der Waals surface area contributed by atoms with E-state index in [1.807, 2.05) is 70.1 Å². The third-order valence-electron chi connectivity index (χ3n) is 5.97. The molecule has 6 nitrogen and oxygen atoms in total. The number of hydrogen-bond acceptors (Lipinski definition) is 5. The van der Waals surface area contributed by atoms with Crippen molar-refractivity contribution in [3.05, 3.63) is 65.7 Å². The molecule has 0 aromatic heterocycles. The highest BCUT2D eigenvalue weighted by Crippen LogP contribution is 2.44. The molecular weight excluding hydrogens is 412 g/mol. The van der Waals surface area contributed by atoms with Crippen LogP contribution in [0.5, 0.6) is 5.75 Å². The number of ether oxygens (including phenoxy) is 2. The zero-order valence-corrected chi connectivity index (χ0v) is 18.6. The van der Waals surface area contributed by atoms with Crippen LogP contribution in [0.15, 0.2) is 54.6 Å². The van der Waals surface area contributed by atoms with E-state index < -0.39 is 0 Å². The average molecular weight is 441 g/mol. The Bertz CT molecular complexity index is 913. The molecule has 2 heterocycles. The zero-order valence-electron chi connectivity index (χ0n) is 17.8. The maximum atomic E-state index is 13.2. The van der Waals surface area contributed by atoms with Crippen LogP contribution in [0.25, 0.3) is 0 Å². The van der Waals surface area contributed by atoms with Gasteiger partial charge < -0.3 is 19.3 Å². The van der Waals surface area contributed by atoms with Crippen molar-refractivity contribution in [2.24, 2.45) is 0 Å². The number of carbonyl (C=O) groups excluding carboxylic acids is 2. The smallest absolute Gasteiger partial charge is 0.255 e. The summed E-state index contributed by atoms with van der Waals surface area (Å²) in [6, 6.07) is 17.2. The van der Waals surface area contributed by atoms with E-state index in [0.717, 1.165) is 30.7 Å². The van der Waals surface area contributed by atoms with Crippen LogP contribution in [-0.4, -0.2) is 65.6 Å². The molecule has 2 aliphatic rings. The van der Waals surface area contributed by atoms with E-state index in [4.69, 9.17) is 9.47 Å². The predicted molar refractivity (Wildman–Crippen MR) is 121 cm³/mol. The SMILES string of the molecule is COc1cccc(C(=O)N2CCSC23CCN(C(=O)COCc2ccccc2)CC3)c1. The first-order valence-electron chi connectivity index (χ1n) is 10.6. The summed E-state index contributed by atoms with van der Waals surface area (Å²) in [5, 5.41) is 0. The molecule has 2 aromatic carbocycles. The highest BCUT2D eigenvalue weighted by molar-refractivity contribution is 8.00. The normalized spacial score (nSPS) is 17.7. The van der Waals surface area contributed by atoms with E-state index in [1.54, 1.807) is 13.2 Å². The second kappa shape index (κ2) is 9.75. The lowest BCUT2D eigenvalue weighted by molar-refractivity contribution is -0.138. The molecule has 2 amide bonds. The van der Waals surface area contributed by atoms with Crippen LogP contribution in [0.2, 0.25) is 0 Å². The molecule has 0 atom stereocenters. The molecule has 164 valence electrons. The van der Waals surface area contributed by atoms with E-state index in [-0.39, 0.29) is 23.3 Å². The summed E-state index contributed by atoms with van der Waals surface area (Å²) in [6.45, 7) is 2.53. The number of amides is 2. The Hall–Kier alpha value is -2.51. The topological polar surface area (TPSA) is 59.1 Å². The van der Waals surface area contributed by atoms with E-state index in [1.165, 1.54) is 0 Å². The Labute approximate surface area is 187 Å². The second-order valence-corrected chi connectivity index (χ2v) is 9.30. The van der Waals surface area contributed by atoms with Crippen LogP contribution >= 0.6 is 11.8 Å². The molecule has 0 radical (unpaired) electrons. The Balaban J connectivity index is 1.32. The summed E-state index contributed by atoms with van der Waals surface area (Å²) in [6.07, 6.45) is 1.55. The van der Waals surface area contributed by atoms with Gasteiger partial charge in [0.05, 0.1) is 18.6 Å². The number of nitrogens with zero attached hydrogens (tertiary/aromatic N) is 2. The summed E-state index contributed by atoms with van der Waals surface area (Å²) in [4.78, 5) is 29.5. The van der Waals surface area contributed by atoms with Gasteiger partial charge in [-0.15, -0.1) is 11.8 Å². The van der Waals surface area contributed by atoms with Gasteiger partial charge in [-0.2, -0.15) is 0 Å². The molecule has 31 heavy (non-hydrogen) atoms. The number of benzene rings is 2. The van der Waals surface area contributed by atoms with Crippen molar-refractivity contribution >= 4 is 23.6 Å². The largest absolute Gasteiger partial charge is 0.497 e. The van der Waals surface area contributed by atoms with Crippen molar-refractivity contribution in [2.75, 3.05) is 39.1 Å². The van der Waals surface area contributed by atoms with E-state index in [0.29, 0.717) is 31.0 Å². The fourth-order valence-corrected chi connectivity index (χ4v) is 5.70. The Morgan fingerprint density at radius 3 is 2.55 bits per heavy atom. The van der Waals surface area contributed by atoms with Crippen LogP contribution in [0.4, 0.5) is 0 Å². The molecule has 1 spiro atoms. The Morgan fingerprint density at radius 1 is 1.03 bits per heavy atom. The van der Waals surface area contributed by atoms with Crippen LogP contribution in [0.3, 0.4) is 0 Å². The molecule has 2 aromatic rings. The summed E-state index contributed by atoms with van der Waals surface area (Å²) in [5.74, 6) is 1.65. The van der Waals surface area contributed by atoms with Crippen molar-refractivity contribution in [1.29, 1.82) is 0 Å². The number of hydrogen-bond donors (Lipinski definition) is 0. The first-order valence-corrected chi connectivity index (χ1v) is 11.6. The first kappa shape index (κ1) is 21.7. The van der Waals surface area contributed by atoms with Crippen molar-refractivity contribution < 1.29 is 19.1 Å². The Kier molecular flexibility index (Phi) is 6.83. The number of rotatable bonds is 6. The number of piperidine rings is 1. The minimum absolute atomic E-state index is 0.0134. The monoisotopic (exact) mass is 440 g/mol. The van der Waals surface area contributed by atoms with Crippen LogP contribution in [-0.2, 0) is 16.1 Å². The van der Waals surface area contributed by atoms with Crippen molar-refractivity contribution in [3.63, 3.8) is 0 Å². The minimum atomic E-state index is -0.234. The summed E-state index contributed by atoms with van der Waals surface area (Å²) in [5.41, 5.74) is 1.70. The third kappa shape index (κ3) is 4.88. The molecule has 0 N–H and O–H groups in total. The first-order chi connectivity index (χ1) is 15.1. The lowest BCUT2D eigenvalue weighted by atomic mass is 10.0. The molecule has 2 aliphatic heterocycles. The lowest BCUT2D eigenvalue weighted by Crippen LogP contribution is -2.54.